The maximum atomic E-state index is 11.5. The standard InChI is InChI=1S/C14H16BrNO5/c1-20-7-6-16-13(17)9-21-12-4-2-10(8-11(12)15)3-5-14(18)19/h2-5,8H,6-7,9H2,1H3,(H,16,17)(H,18,19). The van der Waals surface area contributed by atoms with Crippen LogP contribution in [-0.4, -0.2) is 43.9 Å². The Kier molecular flexibility index (Phi) is 7.49. The highest BCUT2D eigenvalue weighted by Gasteiger charge is 2.05. The van der Waals surface area contributed by atoms with Crippen molar-refractivity contribution in [3.63, 3.8) is 0 Å². The van der Waals surface area contributed by atoms with E-state index in [1.165, 1.54) is 6.08 Å². The van der Waals surface area contributed by atoms with E-state index in [0.717, 1.165) is 6.08 Å². The van der Waals surface area contributed by atoms with Crippen LogP contribution >= 0.6 is 15.9 Å². The monoisotopic (exact) mass is 357 g/mol. The number of carboxylic acids is 1. The smallest absolute Gasteiger partial charge is 0.328 e. The molecule has 0 fully saturated rings. The molecular weight excluding hydrogens is 342 g/mol. The van der Waals surface area contributed by atoms with Crippen LogP contribution < -0.4 is 10.1 Å². The summed E-state index contributed by atoms with van der Waals surface area (Å²) in [5.41, 5.74) is 0.709. The van der Waals surface area contributed by atoms with Gasteiger partial charge >= 0.3 is 5.97 Å². The molecule has 7 heteroatoms. The zero-order valence-electron chi connectivity index (χ0n) is 11.5. The maximum absolute atomic E-state index is 11.5. The summed E-state index contributed by atoms with van der Waals surface area (Å²) in [5.74, 6) is -0.752. The number of carbonyl (C=O) groups is 2. The van der Waals surface area contributed by atoms with E-state index in [9.17, 15) is 9.59 Å². The summed E-state index contributed by atoms with van der Waals surface area (Å²) >= 11 is 3.31. The number of nitrogens with one attached hydrogen (secondary N) is 1. The first kappa shape index (κ1) is 17.2. The first-order valence-corrected chi connectivity index (χ1v) is 6.91. The molecule has 2 N–H and O–H groups in total. The second-order valence-corrected chi connectivity index (χ2v) is 4.85. The summed E-state index contributed by atoms with van der Waals surface area (Å²) in [6.45, 7) is 0.769. The molecule has 1 rings (SSSR count). The van der Waals surface area contributed by atoms with Crippen LogP contribution in [0.1, 0.15) is 5.56 Å². The van der Waals surface area contributed by atoms with Gasteiger partial charge in [0.25, 0.3) is 5.91 Å². The first-order chi connectivity index (χ1) is 10.0. The Labute approximate surface area is 130 Å². The van der Waals surface area contributed by atoms with Crippen molar-refractivity contribution in [3.05, 3.63) is 34.3 Å². The zero-order valence-corrected chi connectivity index (χ0v) is 13.1. The number of hydrogen-bond donors (Lipinski definition) is 2. The fourth-order valence-corrected chi connectivity index (χ4v) is 1.90. The van der Waals surface area contributed by atoms with Gasteiger partial charge in [0.05, 0.1) is 11.1 Å². The fourth-order valence-electron chi connectivity index (χ4n) is 1.39. The molecule has 0 saturated carbocycles. The quantitative estimate of drug-likeness (QED) is 0.546. The minimum Gasteiger partial charge on any atom is -0.483 e. The van der Waals surface area contributed by atoms with Gasteiger partial charge < -0.3 is 19.9 Å². The van der Waals surface area contributed by atoms with E-state index in [1.807, 2.05) is 0 Å². The lowest BCUT2D eigenvalue weighted by molar-refractivity contribution is -0.131. The lowest BCUT2D eigenvalue weighted by Gasteiger charge is -2.09. The molecule has 0 aliphatic carbocycles. The molecule has 0 aliphatic rings. The summed E-state index contributed by atoms with van der Waals surface area (Å²) in [7, 11) is 1.56. The number of ether oxygens (including phenoxy) is 2. The van der Waals surface area contributed by atoms with Crippen molar-refractivity contribution in [2.75, 3.05) is 26.9 Å². The van der Waals surface area contributed by atoms with E-state index in [4.69, 9.17) is 14.6 Å². The molecule has 0 radical (unpaired) electrons. The number of carboxylic acid groups (broad SMARTS) is 1. The van der Waals surface area contributed by atoms with Crippen LogP contribution in [0.4, 0.5) is 0 Å². The van der Waals surface area contributed by atoms with Gasteiger partial charge in [-0.05, 0) is 39.7 Å². The molecule has 21 heavy (non-hydrogen) atoms. The van der Waals surface area contributed by atoms with Crippen LogP contribution in [0.25, 0.3) is 6.08 Å². The number of methoxy groups -OCH3 is 1. The lowest BCUT2D eigenvalue weighted by Crippen LogP contribution is -2.31. The molecule has 0 unspecified atom stereocenters. The highest BCUT2D eigenvalue weighted by molar-refractivity contribution is 9.10. The van der Waals surface area contributed by atoms with Crippen LogP contribution in [0.3, 0.4) is 0 Å². The van der Waals surface area contributed by atoms with Crippen molar-refractivity contribution in [1.82, 2.24) is 5.32 Å². The van der Waals surface area contributed by atoms with Crippen LogP contribution in [0, 0.1) is 0 Å². The Morgan fingerprint density at radius 2 is 2.19 bits per heavy atom. The van der Waals surface area contributed by atoms with E-state index >= 15 is 0 Å². The molecule has 0 aliphatic heterocycles. The molecule has 0 atom stereocenters. The highest BCUT2D eigenvalue weighted by Crippen LogP contribution is 2.26. The number of hydrogen-bond acceptors (Lipinski definition) is 4. The number of amides is 1. The Morgan fingerprint density at radius 3 is 2.81 bits per heavy atom. The van der Waals surface area contributed by atoms with Crippen molar-refractivity contribution < 1.29 is 24.2 Å². The number of halogens is 1. The van der Waals surface area contributed by atoms with Crippen molar-refractivity contribution in [2.45, 2.75) is 0 Å². The Morgan fingerprint density at radius 1 is 1.43 bits per heavy atom. The van der Waals surface area contributed by atoms with E-state index in [0.29, 0.717) is 28.9 Å². The number of aliphatic carboxylic acids is 1. The van der Waals surface area contributed by atoms with Gasteiger partial charge in [-0.2, -0.15) is 0 Å². The summed E-state index contributed by atoms with van der Waals surface area (Å²) in [5, 5.41) is 11.2. The minimum absolute atomic E-state index is 0.105. The van der Waals surface area contributed by atoms with Gasteiger partial charge in [-0.15, -0.1) is 0 Å². The Balaban J connectivity index is 2.53. The maximum Gasteiger partial charge on any atom is 0.328 e. The highest BCUT2D eigenvalue weighted by atomic mass is 79.9. The average Bonchev–Trinajstić information content (AvgIpc) is 2.44. The Hall–Kier alpha value is -1.86. The number of benzene rings is 1. The number of carbonyl (C=O) groups excluding carboxylic acids is 1. The molecule has 1 amide bonds. The predicted octanol–water partition coefficient (Wildman–Crippen LogP) is 1.69. The number of rotatable bonds is 8. The van der Waals surface area contributed by atoms with Gasteiger partial charge in [-0.1, -0.05) is 6.07 Å². The molecule has 0 bridgehead atoms. The van der Waals surface area contributed by atoms with Crippen molar-refractivity contribution >= 4 is 33.9 Å². The summed E-state index contributed by atoms with van der Waals surface area (Å²) in [6, 6.07) is 5.06. The van der Waals surface area contributed by atoms with E-state index in [-0.39, 0.29) is 12.5 Å². The third-order valence-electron chi connectivity index (χ3n) is 2.36. The third kappa shape index (κ3) is 6.92. The normalized spacial score (nSPS) is 10.6. The van der Waals surface area contributed by atoms with Crippen molar-refractivity contribution in [3.8, 4) is 5.75 Å². The fraction of sp³-hybridized carbons (Fsp3) is 0.286. The van der Waals surface area contributed by atoms with Crippen molar-refractivity contribution in [1.29, 1.82) is 0 Å². The van der Waals surface area contributed by atoms with Crippen LogP contribution in [0.15, 0.2) is 28.7 Å². The topological polar surface area (TPSA) is 84.9 Å². The molecule has 0 aromatic heterocycles. The largest absolute Gasteiger partial charge is 0.483 e. The molecule has 0 spiro atoms. The molecule has 6 nitrogen and oxygen atoms in total. The predicted molar refractivity (Wildman–Crippen MR) is 81.2 cm³/mol. The van der Waals surface area contributed by atoms with Crippen LogP contribution in [-0.2, 0) is 14.3 Å². The molecular formula is C14H16BrNO5. The second-order valence-electron chi connectivity index (χ2n) is 3.99. The molecule has 114 valence electrons. The Bertz CT molecular complexity index is 530. The van der Waals surface area contributed by atoms with Crippen LogP contribution in [0.2, 0.25) is 0 Å². The minimum atomic E-state index is -1.01. The van der Waals surface area contributed by atoms with Crippen molar-refractivity contribution in [2.24, 2.45) is 0 Å². The van der Waals surface area contributed by atoms with Gasteiger partial charge in [0.2, 0.25) is 0 Å². The summed E-state index contributed by atoms with van der Waals surface area (Å²) in [6.07, 6.45) is 2.51. The molecule has 1 aromatic rings. The lowest BCUT2D eigenvalue weighted by atomic mass is 10.2. The molecule has 0 saturated heterocycles. The summed E-state index contributed by atoms with van der Waals surface area (Å²) < 4.78 is 10.8. The molecule has 1 aromatic carbocycles. The van der Waals surface area contributed by atoms with Gasteiger partial charge in [-0.3, -0.25) is 4.79 Å². The van der Waals surface area contributed by atoms with E-state index in [2.05, 4.69) is 21.2 Å². The second kappa shape index (κ2) is 9.15. The zero-order chi connectivity index (χ0) is 15.7. The third-order valence-corrected chi connectivity index (χ3v) is 2.98. The van der Waals surface area contributed by atoms with E-state index < -0.39 is 5.97 Å². The average molecular weight is 358 g/mol. The van der Waals surface area contributed by atoms with Gasteiger partial charge in [0.1, 0.15) is 5.75 Å². The van der Waals surface area contributed by atoms with Gasteiger partial charge in [0.15, 0.2) is 6.61 Å². The van der Waals surface area contributed by atoms with Gasteiger partial charge in [-0.25, -0.2) is 4.79 Å². The summed E-state index contributed by atoms with van der Waals surface area (Å²) in [4.78, 5) is 21.9. The SMILES string of the molecule is COCCNC(=O)COc1ccc(C=CC(=O)O)cc1Br. The van der Waals surface area contributed by atoms with E-state index in [1.54, 1.807) is 25.3 Å². The first-order valence-electron chi connectivity index (χ1n) is 6.12. The van der Waals surface area contributed by atoms with Crippen LogP contribution in [0.5, 0.6) is 5.75 Å². The van der Waals surface area contributed by atoms with Gasteiger partial charge in [0, 0.05) is 19.7 Å². The molecule has 0 heterocycles.